The molecule has 0 saturated heterocycles. The second kappa shape index (κ2) is 7.98. The number of carbonyl (C=O) groups is 1. The topological polar surface area (TPSA) is 26.3 Å². The summed E-state index contributed by atoms with van der Waals surface area (Å²) in [5, 5.41) is 0. The molecule has 1 fully saturated rings. The Hall–Kier alpha value is -2.33. The third-order valence-electron chi connectivity index (χ3n) is 7.74. The van der Waals surface area contributed by atoms with Crippen molar-refractivity contribution in [3.8, 4) is 0 Å². The van der Waals surface area contributed by atoms with Gasteiger partial charge in [0.1, 0.15) is 0 Å². The summed E-state index contributed by atoms with van der Waals surface area (Å²) in [6.45, 7) is 2.18. The Bertz CT molecular complexity index is 997. The van der Waals surface area contributed by atoms with Crippen molar-refractivity contribution in [2.45, 2.75) is 17.3 Å². The number of fused-ring (bicyclic) bond motifs is 2. The van der Waals surface area contributed by atoms with E-state index < -0.39 is 23.8 Å². The number of benzene rings is 3. The van der Waals surface area contributed by atoms with E-state index in [2.05, 4.69) is 110 Å². The fourth-order valence-corrected chi connectivity index (χ4v) is 24.6. The van der Waals surface area contributed by atoms with Gasteiger partial charge < -0.3 is 0 Å². The molecule has 2 nitrogen and oxygen atoms in total. The van der Waals surface area contributed by atoms with Crippen LogP contribution in [0.1, 0.15) is 13.3 Å². The minimum atomic E-state index is -3.70. The molecule has 1 saturated carbocycles. The van der Waals surface area contributed by atoms with Crippen LogP contribution in [0.5, 0.6) is 0 Å². The molecule has 0 spiro atoms. The zero-order chi connectivity index (χ0) is 21.5. The number of esters is 1. The molecule has 2 aliphatic rings. The second-order valence-electron chi connectivity index (χ2n) is 9.05. The molecule has 0 aromatic heterocycles. The van der Waals surface area contributed by atoms with Crippen molar-refractivity contribution < 1.29 is 9.53 Å². The Labute approximate surface area is 188 Å². The molecule has 3 heteroatoms. The average molecular weight is 515 g/mol. The Kier molecular flexibility index (Phi) is 5.29. The first-order valence-electron chi connectivity index (χ1n) is 11.1. The van der Waals surface area contributed by atoms with Gasteiger partial charge in [0.05, 0.1) is 0 Å². The quantitative estimate of drug-likeness (QED) is 0.293. The maximum atomic E-state index is 13.5. The first kappa shape index (κ1) is 20.6. The molecule has 0 N–H and O–H groups in total. The molecule has 2 bridgehead atoms. The SMILES string of the molecule is COC(=O)[C@@]1(C)[C@@H]2C=C[C@@H](C2)[C@H]1[Sn]([c]1ccccc1)([c]1ccccc1)[c]1ccccc1. The summed E-state index contributed by atoms with van der Waals surface area (Å²) >= 11 is -3.70. The van der Waals surface area contributed by atoms with Crippen molar-refractivity contribution in [3.05, 3.63) is 103 Å². The van der Waals surface area contributed by atoms with Crippen LogP contribution in [0.3, 0.4) is 0 Å². The summed E-state index contributed by atoms with van der Waals surface area (Å²) in [7, 11) is 1.55. The molecule has 3 aromatic carbocycles. The molecule has 31 heavy (non-hydrogen) atoms. The predicted molar refractivity (Wildman–Crippen MR) is 129 cm³/mol. The van der Waals surface area contributed by atoms with Crippen molar-refractivity contribution >= 4 is 35.1 Å². The van der Waals surface area contributed by atoms with Gasteiger partial charge in [-0.05, 0) is 0 Å². The number of allylic oxidation sites excluding steroid dienone is 2. The number of hydrogen-bond donors (Lipinski definition) is 0. The molecular weight excluding hydrogens is 487 g/mol. The van der Waals surface area contributed by atoms with E-state index in [4.69, 9.17) is 4.74 Å². The summed E-state index contributed by atoms with van der Waals surface area (Å²) in [5.74, 6) is 0.575. The third-order valence-corrected chi connectivity index (χ3v) is 24.0. The van der Waals surface area contributed by atoms with E-state index in [0.717, 1.165) is 6.42 Å². The van der Waals surface area contributed by atoms with Crippen molar-refractivity contribution in [1.29, 1.82) is 0 Å². The van der Waals surface area contributed by atoms with E-state index in [-0.39, 0.29) is 15.8 Å². The Balaban J connectivity index is 1.89. The van der Waals surface area contributed by atoms with Gasteiger partial charge in [0, 0.05) is 0 Å². The van der Waals surface area contributed by atoms with Gasteiger partial charge in [-0.15, -0.1) is 0 Å². The zero-order valence-corrected chi connectivity index (χ0v) is 20.9. The van der Waals surface area contributed by atoms with Crippen molar-refractivity contribution in [2.24, 2.45) is 17.3 Å². The summed E-state index contributed by atoms with van der Waals surface area (Å²) in [4.78, 5) is 13.5. The molecule has 2 aliphatic carbocycles. The van der Waals surface area contributed by atoms with Crippen LogP contribution in [0.25, 0.3) is 0 Å². The van der Waals surface area contributed by atoms with Gasteiger partial charge in [-0.25, -0.2) is 0 Å². The molecule has 156 valence electrons. The van der Waals surface area contributed by atoms with Crippen molar-refractivity contribution in [1.82, 2.24) is 0 Å². The van der Waals surface area contributed by atoms with Crippen LogP contribution in [0.2, 0.25) is 3.93 Å². The number of ether oxygens (including phenoxy) is 1. The molecule has 0 heterocycles. The van der Waals surface area contributed by atoms with E-state index in [0.29, 0.717) is 5.92 Å². The number of methoxy groups -OCH3 is 1. The fraction of sp³-hybridized carbons (Fsp3) is 0.250. The first-order valence-corrected chi connectivity index (χ1v) is 17.0. The maximum absolute atomic E-state index is 13.5. The second-order valence-corrected chi connectivity index (χ2v) is 20.4. The van der Waals surface area contributed by atoms with E-state index >= 15 is 0 Å². The van der Waals surface area contributed by atoms with E-state index in [1.807, 2.05) is 0 Å². The van der Waals surface area contributed by atoms with Gasteiger partial charge in [-0.1, -0.05) is 0 Å². The molecular formula is C28H28O2Sn. The Morgan fingerprint density at radius 2 is 1.26 bits per heavy atom. The van der Waals surface area contributed by atoms with Gasteiger partial charge in [0.15, 0.2) is 0 Å². The van der Waals surface area contributed by atoms with Crippen molar-refractivity contribution in [3.63, 3.8) is 0 Å². The summed E-state index contributed by atoms with van der Waals surface area (Å²) < 4.78 is 10.0. The van der Waals surface area contributed by atoms with Crippen LogP contribution < -0.4 is 10.7 Å². The fourth-order valence-electron chi connectivity index (χ4n) is 6.51. The van der Waals surface area contributed by atoms with Crippen LogP contribution in [-0.4, -0.2) is 31.5 Å². The summed E-state index contributed by atoms with van der Waals surface area (Å²) in [5.41, 5.74) is -0.522. The minimum absolute atomic E-state index is 0.0572. The normalized spacial score (nSPS) is 26.7. The molecule has 4 atom stereocenters. The van der Waals surface area contributed by atoms with Crippen LogP contribution in [0.4, 0.5) is 0 Å². The van der Waals surface area contributed by atoms with Crippen LogP contribution in [0.15, 0.2) is 103 Å². The number of carbonyl (C=O) groups excluding carboxylic acids is 1. The van der Waals surface area contributed by atoms with Gasteiger partial charge in [0.25, 0.3) is 0 Å². The number of hydrogen-bond acceptors (Lipinski definition) is 2. The molecule has 5 rings (SSSR count). The zero-order valence-electron chi connectivity index (χ0n) is 18.1. The summed E-state index contributed by atoms with van der Waals surface area (Å²) in [6, 6.07) is 33.1. The predicted octanol–water partition coefficient (Wildman–Crippen LogP) is 3.91. The van der Waals surface area contributed by atoms with E-state index in [1.165, 1.54) is 10.7 Å². The molecule has 0 amide bonds. The molecule has 0 unspecified atom stereocenters. The van der Waals surface area contributed by atoms with E-state index in [9.17, 15) is 4.79 Å². The standard InChI is InChI=1S/C10H13O2.3C6H5.Sn/c1-10(9(11)12-2)6-7-3-4-8(10)5-7;3*1-2-4-6-5-3-1;/h3-4,6-8H,5H2,1-2H3;3*1-5H;/t7-,8+,10+;;;;/m0..../s1. The van der Waals surface area contributed by atoms with Crippen LogP contribution in [-0.2, 0) is 9.53 Å². The van der Waals surface area contributed by atoms with Crippen molar-refractivity contribution in [2.75, 3.05) is 7.11 Å². The first-order chi connectivity index (χ1) is 15.1. The van der Waals surface area contributed by atoms with Gasteiger partial charge in [-0.2, -0.15) is 0 Å². The number of rotatable bonds is 5. The molecule has 0 aliphatic heterocycles. The summed E-state index contributed by atoms with van der Waals surface area (Å²) in [6.07, 6.45) is 5.71. The molecule has 3 aromatic rings. The Morgan fingerprint density at radius 3 is 1.68 bits per heavy atom. The van der Waals surface area contributed by atoms with Crippen LogP contribution in [0, 0.1) is 17.3 Å². The average Bonchev–Trinajstić information content (AvgIpc) is 3.43. The van der Waals surface area contributed by atoms with E-state index in [1.54, 1.807) is 7.11 Å². The van der Waals surface area contributed by atoms with Gasteiger partial charge in [-0.3, -0.25) is 0 Å². The molecule has 0 radical (unpaired) electrons. The van der Waals surface area contributed by atoms with Gasteiger partial charge >= 0.3 is 189 Å². The third kappa shape index (κ3) is 2.95. The van der Waals surface area contributed by atoms with Crippen LogP contribution >= 0.6 is 0 Å². The van der Waals surface area contributed by atoms with Gasteiger partial charge in [0.2, 0.25) is 0 Å². The Morgan fingerprint density at radius 1 is 0.806 bits per heavy atom. The monoisotopic (exact) mass is 516 g/mol.